The third kappa shape index (κ3) is 2.89. The predicted octanol–water partition coefficient (Wildman–Crippen LogP) is 2.28. The van der Waals surface area contributed by atoms with Crippen molar-refractivity contribution < 1.29 is 18.9 Å². The van der Waals surface area contributed by atoms with Crippen molar-refractivity contribution in [1.29, 1.82) is 0 Å². The lowest BCUT2D eigenvalue weighted by Gasteiger charge is -2.33. The molecule has 5 rings (SSSR count). The van der Waals surface area contributed by atoms with E-state index in [1.165, 1.54) is 11.1 Å². The number of benzene rings is 1. The van der Waals surface area contributed by atoms with Gasteiger partial charge in [0.05, 0.1) is 26.4 Å². The molecule has 4 heterocycles. The number of epoxide rings is 4. The summed E-state index contributed by atoms with van der Waals surface area (Å²) in [6, 6.07) is 8.64. The van der Waals surface area contributed by atoms with E-state index < -0.39 is 0 Å². The summed E-state index contributed by atoms with van der Waals surface area (Å²) in [7, 11) is 0. The van der Waals surface area contributed by atoms with E-state index in [4.69, 9.17) is 18.9 Å². The molecule has 4 aliphatic heterocycles. The van der Waals surface area contributed by atoms with Crippen molar-refractivity contribution in [3.05, 3.63) is 35.4 Å². The van der Waals surface area contributed by atoms with Crippen LogP contribution in [0.3, 0.4) is 0 Å². The van der Waals surface area contributed by atoms with Gasteiger partial charge in [-0.2, -0.15) is 0 Å². The van der Waals surface area contributed by atoms with E-state index >= 15 is 0 Å². The summed E-state index contributed by atoms with van der Waals surface area (Å²) in [6.07, 6.45) is 0. The summed E-state index contributed by atoms with van der Waals surface area (Å²) in [4.78, 5) is 4.71. The van der Waals surface area contributed by atoms with E-state index in [1.54, 1.807) is 0 Å². The fraction of sp³-hybridized carbons (Fsp3) is 0.700. The van der Waals surface area contributed by atoms with Gasteiger partial charge in [-0.15, -0.1) is 0 Å². The molecule has 4 fully saturated rings. The zero-order chi connectivity index (χ0) is 18.2. The average Bonchev–Trinajstić information content (AvgIpc) is 3.37. The second-order valence-electron chi connectivity index (χ2n) is 8.80. The zero-order valence-corrected chi connectivity index (χ0v) is 16.1. The van der Waals surface area contributed by atoms with Crippen LogP contribution in [0, 0.1) is 0 Å². The minimum absolute atomic E-state index is 0.213. The first kappa shape index (κ1) is 17.1. The van der Waals surface area contributed by atoms with Crippen LogP contribution in [0.5, 0.6) is 0 Å². The van der Waals surface area contributed by atoms with Crippen LogP contribution >= 0.6 is 0 Å². The minimum Gasteiger partial charge on any atom is -0.354 e. The van der Waals surface area contributed by atoms with Gasteiger partial charge in [0.15, 0.2) is 0 Å². The fourth-order valence-electron chi connectivity index (χ4n) is 3.92. The first-order valence-corrected chi connectivity index (χ1v) is 9.45. The molecule has 4 saturated heterocycles. The molecule has 1 aromatic rings. The Hall–Kier alpha value is -1.02. The highest BCUT2D eigenvalue weighted by atomic mass is 16.7. The average molecular weight is 360 g/mol. The standard InChI is InChI=1S/C20H28N2O4/c1-17(11-23-17)21(18(2)12-24-18)9-15-7-5-6-8-16(15)10-22(19(3)13-25-19)20(4)14-26-20/h5-8H,9-14H2,1-4H3. The van der Waals surface area contributed by atoms with Gasteiger partial charge in [0, 0.05) is 13.1 Å². The summed E-state index contributed by atoms with van der Waals surface area (Å²) in [5.74, 6) is 0. The lowest BCUT2D eigenvalue weighted by Crippen LogP contribution is -2.46. The van der Waals surface area contributed by atoms with E-state index in [-0.39, 0.29) is 22.9 Å². The van der Waals surface area contributed by atoms with E-state index in [9.17, 15) is 0 Å². The lowest BCUT2D eigenvalue weighted by atomic mass is 10.0. The SMILES string of the molecule is CC1(N(Cc2ccccc2CN(C2(C)CO2)C2(C)CO2)C2(C)CO2)CO1. The topological polar surface area (TPSA) is 56.6 Å². The molecule has 4 atom stereocenters. The molecule has 0 N–H and O–H groups in total. The van der Waals surface area contributed by atoms with Crippen LogP contribution in [-0.2, 0) is 32.0 Å². The summed E-state index contributed by atoms with van der Waals surface area (Å²) in [5.41, 5.74) is 1.76. The van der Waals surface area contributed by atoms with E-state index in [1.807, 2.05) is 0 Å². The molecule has 0 spiro atoms. The first-order valence-electron chi connectivity index (χ1n) is 9.45. The maximum Gasteiger partial charge on any atom is 0.145 e. The second kappa shape index (κ2) is 5.28. The molecule has 6 nitrogen and oxygen atoms in total. The number of nitrogens with zero attached hydrogens (tertiary/aromatic N) is 2. The fourth-order valence-corrected chi connectivity index (χ4v) is 3.92. The van der Waals surface area contributed by atoms with Crippen LogP contribution in [0.2, 0.25) is 0 Å². The smallest absolute Gasteiger partial charge is 0.145 e. The molecule has 0 radical (unpaired) electrons. The third-order valence-electron chi connectivity index (χ3n) is 6.31. The normalized spacial score (nSPS) is 43.0. The molecule has 6 heteroatoms. The molecule has 142 valence electrons. The number of hydrogen-bond acceptors (Lipinski definition) is 6. The van der Waals surface area contributed by atoms with Crippen LogP contribution in [0.1, 0.15) is 38.8 Å². The number of hydrogen-bond donors (Lipinski definition) is 0. The van der Waals surface area contributed by atoms with Gasteiger partial charge in [-0.3, -0.25) is 0 Å². The van der Waals surface area contributed by atoms with Crippen LogP contribution in [-0.4, -0.2) is 59.1 Å². The van der Waals surface area contributed by atoms with Gasteiger partial charge in [0.1, 0.15) is 22.9 Å². The third-order valence-corrected chi connectivity index (χ3v) is 6.31. The van der Waals surface area contributed by atoms with Crippen molar-refractivity contribution in [3.63, 3.8) is 0 Å². The Bertz CT molecular complexity index is 623. The highest BCUT2D eigenvalue weighted by Crippen LogP contribution is 2.46. The van der Waals surface area contributed by atoms with Gasteiger partial charge in [-0.25, -0.2) is 9.80 Å². The molecule has 0 bridgehead atoms. The van der Waals surface area contributed by atoms with Crippen LogP contribution in [0.4, 0.5) is 0 Å². The Balaban J connectivity index is 1.41. The summed E-state index contributed by atoms with van der Waals surface area (Å²) in [5, 5.41) is 0. The van der Waals surface area contributed by atoms with Gasteiger partial charge >= 0.3 is 0 Å². The molecule has 0 saturated carbocycles. The molecular weight excluding hydrogens is 332 g/mol. The minimum atomic E-state index is -0.213. The second-order valence-corrected chi connectivity index (χ2v) is 8.80. The highest BCUT2D eigenvalue weighted by molar-refractivity contribution is 5.28. The zero-order valence-electron chi connectivity index (χ0n) is 16.1. The van der Waals surface area contributed by atoms with Crippen molar-refractivity contribution in [1.82, 2.24) is 9.80 Å². The molecular formula is C20H28N2O4. The van der Waals surface area contributed by atoms with Crippen LogP contribution < -0.4 is 0 Å². The number of ether oxygens (including phenoxy) is 4. The summed E-state index contributed by atoms with van der Waals surface area (Å²) in [6.45, 7) is 13.3. The van der Waals surface area contributed by atoms with E-state index in [2.05, 4.69) is 61.8 Å². The van der Waals surface area contributed by atoms with Gasteiger partial charge in [0.2, 0.25) is 0 Å². The predicted molar refractivity (Wildman–Crippen MR) is 95.0 cm³/mol. The molecule has 1 aromatic carbocycles. The molecule has 4 aliphatic rings. The van der Waals surface area contributed by atoms with Crippen molar-refractivity contribution in [3.8, 4) is 0 Å². The van der Waals surface area contributed by atoms with Crippen molar-refractivity contribution in [2.45, 2.75) is 63.7 Å². The van der Waals surface area contributed by atoms with E-state index in [0.29, 0.717) is 0 Å². The maximum atomic E-state index is 5.74. The van der Waals surface area contributed by atoms with Gasteiger partial charge in [0.25, 0.3) is 0 Å². The molecule has 0 amide bonds. The Morgan fingerprint density at radius 3 is 1.15 bits per heavy atom. The lowest BCUT2D eigenvalue weighted by molar-refractivity contribution is -0.0188. The van der Waals surface area contributed by atoms with E-state index in [0.717, 1.165) is 39.5 Å². The number of rotatable bonds is 8. The van der Waals surface area contributed by atoms with Crippen LogP contribution in [0.25, 0.3) is 0 Å². The quantitative estimate of drug-likeness (QED) is 0.663. The molecule has 0 aromatic heterocycles. The Morgan fingerprint density at radius 1 is 0.654 bits per heavy atom. The van der Waals surface area contributed by atoms with Gasteiger partial charge in [-0.05, 0) is 38.8 Å². The Kier molecular flexibility index (Phi) is 3.47. The Labute approximate surface area is 154 Å². The van der Waals surface area contributed by atoms with Crippen molar-refractivity contribution in [2.24, 2.45) is 0 Å². The maximum absolute atomic E-state index is 5.74. The van der Waals surface area contributed by atoms with Crippen molar-refractivity contribution in [2.75, 3.05) is 26.4 Å². The van der Waals surface area contributed by atoms with Gasteiger partial charge < -0.3 is 18.9 Å². The molecule has 26 heavy (non-hydrogen) atoms. The van der Waals surface area contributed by atoms with Crippen molar-refractivity contribution >= 4 is 0 Å². The molecule has 4 unspecified atom stereocenters. The summed E-state index contributed by atoms with van der Waals surface area (Å²) < 4.78 is 23.0. The van der Waals surface area contributed by atoms with Gasteiger partial charge in [-0.1, -0.05) is 24.3 Å². The first-order chi connectivity index (χ1) is 12.3. The monoisotopic (exact) mass is 360 g/mol. The largest absolute Gasteiger partial charge is 0.354 e. The summed E-state index contributed by atoms with van der Waals surface area (Å²) >= 11 is 0. The Morgan fingerprint density at radius 2 is 0.923 bits per heavy atom. The molecule has 0 aliphatic carbocycles. The highest BCUT2D eigenvalue weighted by Gasteiger charge is 2.60. The van der Waals surface area contributed by atoms with Crippen LogP contribution in [0.15, 0.2) is 24.3 Å².